The number of nitrogens with one attached hydrogen (secondary N) is 1. The van der Waals surface area contributed by atoms with Crippen LogP contribution in [0.4, 0.5) is 0 Å². The number of allylic oxidation sites excluding steroid dienone is 2. The Morgan fingerprint density at radius 1 is 1.46 bits per heavy atom. The zero-order chi connectivity index (χ0) is 9.68. The Morgan fingerprint density at radius 3 is 2.77 bits per heavy atom. The summed E-state index contributed by atoms with van der Waals surface area (Å²) < 4.78 is 0. The molecule has 0 aromatic carbocycles. The predicted molar refractivity (Wildman–Crippen MR) is 53.5 cm³/mol. The van der Waals surface area contributed by atoms with Crippen molar-refractivity contribution in [2.75, 3.05) is 0 Å². The molecule has 72 valence electrons. The van der Waals surface area contributed by atoms with Gasteiger partial charge in [-0.25, -0.2) is 5.43 Å². The van der Waals surface area contributed by atoms with Crippen LogP contribution >= 0.6 is 0 Å². The molecule has 0 aromatic rings. The zero-order valence-corrected chi connectivity index (χ0v) is 8.26. The summed E-state index contributed by atoms with van der Waals surface area (Å²) >= 11 is 0. The van der Waals surface area contributed by atoms with Crippen molar-refractivity contribution in [1.82, 2.24) is 5.43 Å². The standard InChI is InChI=1S/C10H16N2O/c1-8(11-12-9(2)13)10-6-4-3-5-7-10/h6H,3-5,7H2,1-2H3,(H,12,13). The monoisotopic (exact) mass is 180 g/mol. The Bertz CT molecular complexity index is 254. The molecule has 13 heavy (non-hydrogen) atoms. The average Bonchev–Trinajstić information content (AvgIpc) is 2.15. The highest BCUT2D eigenvalue weighted by Crippen LogP contribution is 2.18. The molecule has 3 heteroatoms. The van der Waals surface area contributed by atoms with Gasteiger partial charge in [0.25, 0.3) is 0 Å². The molecule has 1 aliphatic rings. The van der Waals surface area contributed by atoms with Gasteiger partial charge in [-0.3, -0.25) is 4.79 Å². The van der Waals surface area contributed by atoms with Crippen LogP contribution in [0.3, 0.4) is 0 Å². The van der Waals surface area contributed by atoms with Gasteiger partial charge in [-0.15, -0.1) is 0 Å². The molecule has 1 aliphatic carbocycles. The summed E-state index contributed by atoms with van der Waals surface area (Å²) in [5.74, 6) is -0.115. The molecule has 0 unspecified atom stereocenters. The Balaban J connectivity index is 2.54. The lowest BCUT2D eigenvalue weighted by molar-refractivity contribution is -0.118. The molecule has 1 amide bonds. The maximum absolute atomic E-state index is 10.6. The highest BCUT2D eigenvalue weighted by molar-refractivity contribution is 5.98. The van der Waals surface area contributed by atoms with E-state index >= 15 is 0 Å². The van der Waals surface area contributed by atoms with Gasteiger partial charge in [0.15, 0.2) is 0 Å². The lowest BCUT2D eigenvalue weighted by Gasteiger charge is -2.11. The first kappa shape index (κ1) is 9.96. The molecule has 1 rings (SSSR count). The molecule has 0 radical (unpaired) electrons. The number of nitrogens with zero attached hydrogens (tertiary/aromatic N) is 1. The van der Waals surface area contributed by atoms with Crippen molar-refractivity contribution in [2.24, 2.45) is 5.10 Å². The summed E-state index contributed by atoms with van der Waals surface area (Å²) in [5.41, 5.74) is 4.67. The van der Waals surface area contributed by atoms with Gasteiger partial charge in [-0.05, 0) is 38.2 Å². The van der Waals surface area contributed by atoms with E-state index in [0.717, 1.165) is 18.6 Å². The molecule has 0 saturated heterocycles. The first-order valence-corrected chi connectivity index (χ1v) is 4.70. The van der Waals surface area contributed by atoms with Gasteiger partial charge in [0.1, 0.15) is 0 Å². The topological polar surface area (TPSA) is 41.5 Å². The fraction of sp³-hybridized carbons (Fsp3) is 0.600. The minimum absolute atomic E-state index is 0.115. The lowest BCUT2D eigenvalue weighted by atomic mass is 9.97. The van der Waals surface area contributed by atoms with Gasteiger partial charge >= 0.3 is 0 Å². The maximum atomic E-state index is 10.6. The second kappa shape index (κ2) is 4.80. The van der Waals surface area contributed by atoms with Crippen LogP contribution in [0.1, 0.15) is 39.5 Å². The Hall–Kier alpha value is -1.12. The lowest BCUT2D eigenvalue weighted by Crippen LogP contribution is -2.15. The Morgan fingerprint density at radius 2 is 2.23 bits per heavy atom. The second-order valence-corrected chi connectivity index (χ2v) is 3.34. The SMILES string of the molecule is CC(=O)NN=C(C)C1=CCCCC1. The van der Waals surface area contributed by atoms with Crippen molar-refractivity contribution in [1.29, 1.82) is 0 Å². The van der Waals surface area contributed by atoms with Gasteiger partial charge in [0, 0.05) is 6.92 Å². The van der Waals surface area contributed by atoms with E-state index in [1.54, 1.807) is 0 Å². The summed E-state index contributed by atoms with van der Waals surface area (Å²) in [6, 6.07) is 0. The molecule has 0 atom stereocenters. The van der Waals surface area contributed by atoms with Crippen LogP contribution in [0, 0.1) is 0 Å². The van der Waals surface area contributed by atoms with E-state index < -0.39 is 0 Å². The quantitative estimate of drug-likeness (QED) is 0.512. The molecule has 0 heterocycles. The number of carbonyl (C=O) groups is 1. The summed E-state index contributed by atoms with van der Waals surface area (Å²) in [7, 11) is 0. The zero-order valence-electron chi connectivity index (χ0n) is 8.26. The molecular weight excluding hydrogens is 164 g/mol. The number of rotatable bonds is 2. The third kappa shape index (κ3) is 3.40. The second-order valence-electron chi connectivity index (χ2n) is 3.34. The Kier molecular flexibility index (Phi) is 3.68. The van der Waals surface area contributed by atoms with Crippen molar-refractivity contribution >= 4 is 11.6 Å². The fourth-order valence-electron chi connectivity index (χ4n) is 1.40. The molecular formula is C10H16N2O. The van der Waals surface area contributed by atoms with Crippen LogP contribution < -0.4 is 5.43 Å². The molecule has 1 N–H and O–H groups in total. The van der Waals surface area contributed by atoms with Crippen LogP contribution in [-0.4, -0.2) is 11.6 Å². The van der Waals surface area contributed by atoms with Crippen LogP contribution in [0.5, 0.6) is 0 Å². The third-order valence-corrected chi connectivity index (χ3v) is 2.14. The molecule has 0 saturated carbocycles. The van der Waals surface area contributed by atoms with E-state index in [4.69, 9.17) is 0 Å². The summed E-state index contributed by atoms with van der Waals surface area (Å²) in [6.07, 6.45) is 6.96. The molecule has 0 fully saturated rings. The number of carbonyl (C=O) groups excluding carboxylic acids is 1. The van der Waals surface area contributed by atoms with Gasteiger partial charge < -0.3 is 0 Å². The molecule has 0 bridgehead atoms. The number of hydrogen-bond acceptors (Lipinski definition) is 2. The highest BCUT2D eigenvalue weighted by Gasteiger charge is 2.06. The minimum Gasteiger partial charge on any atom is -0.274 e. The Labute approximate surface area is 78.9 Å². The first-order valence-electron chi connectivity index (χ1n) is 4.70. The van der Waals surface area contributed by atoms with Gasteiger partial charge in [0.05, 0.1) is 5.71 Å². The van der Waals surface area contributed by atoms with E-state index in [2.05, 4.69) is 16.6 Å². The van der Waals surface area contributed by atoms with Gasteiger partial charge in [0.2, 0.25) is 5.91 Å². The van der Waals surface area contributed by atoms with Gasteiger partial charge in [-0.2, -0.15) is 5.10 Å². The van der Waals surface area contributed by atoms with E-state index in [-0.39, 0.29) is 5.91 Å². The molecule has 0 aliphatic heterocycles. The third-order valence-electron chi connectivity index (χ3n) is 2.14. The van der Waals surface area contributed by atoms with Crippen molar-refractivity contribution in [3.05, 3.63) is 11.6 Å². The van der Waals surface area contributed by atoms with Crippen LogP contribution in [0.25, 0.3) is 0 Å². The van der Waals surface area contributed by atoms with E-state index in [1.165, 1.54) is 25.3 Å². The molecule has 3 nitrogen and oxygen atoms in total. The maximum Gasteiger partial charge on any atom is 0.236 e. The molecule has 0 aromatic heterocycles. The predicted octanol–water partition coefficient (Wildman–Crippen LogP) is 2.00. The van der Waals surface area contributed by atoms with E-state index in [0.29, 0.717) is 0 Å². The van der Waals surface area contributed by atoms with Gasteiger partial charge in [-0.1, -0.05) is 6.08 Å². The van der Waals surface area contributed by atoms with Crippen molar-refractivity contribution in [3.63, 3.8) is 0 Å². The first-order chi connectivity index (χ1) is 6.20. The van der Waals surface area contributed by atoms with Crippen molar-refractivity contribution in [3.8, 4) is 0 Å². The number of hydrogen-bond donors (Lipinski definition) is 1. The van der Waals surface area contributed by atoms with E-state index in [9.17, 15) is 4.79 Å². The number of amides is 1. The summed E-state index contributed by atoms with van der Waals surface area (Å²) in [4.78, 5) is 10.6. The van der Waals surface area contributed by atoms with Crippen LogP contribution in [0.15, 0.2) is 16.8 Å². The van der Waals surface area contributed by atoms with Crippen LogP contribution in [0.2, 0.25) is 0 Å². The number of hydrazone groups is 1. The van der Waals surface area contributed by atoms with Crippen molar-refractivity contribution in [2.45, 2.75) is 39.5 Å². The smallest absolute Gasteiger partial charge is 0.236 e. The average molecular weight is 180 g/mol. The summed E-state index contributed by atoms with van der Waals surface area (Å²) in [6.45, 7) is 3.40. The minimum atomic E-state index is -0.115. The van der Waals surface area contributed by atoms with Crippen LogP contribution in [-0.2, 0) is 4.79 Å². The normalized spacial score (nSPS) is 18.0. The summed E-state index contributed by atoms with van der Waals surface area (Å²) in [5, 5.41) is 4.00. The highest BCUT2D eigenvalue weighted by atomic mass is 16.2. The van der Waals surface area contributed by atoms with E-state index in [1.807, 2.05) is 6.92 Å². The largest absolute Gasteiger partial charge is 0.274 e. The molecule has 0 spiro atoms. The van der Waals surface area contributed by atoms with Crippen molar-refractivity contribution < 1.29 is 4.79 Å². The fourth-order valence-corrected chi connectivity index (χ4v) is 1.40.